The molecular formula is C16H25N5O2. The second-order valence-electron chi connectivity index (χ2n) is 5.35. The van der Waals surface area contributed by atoms with E-state index in [2.05, 4.69) is 20.6 Å². The number of carbonyl (C=O) groups is 1. The molecule has 126 valence electrons. The van der Waals surface area contributed by atoms with Gasteiger partial charge in [-0.15, -0.1) is 0 Å². The zero-order valence-corrected chi connectivity index (χ0v) is 13.8. The highest BCUT2D eigenvalue weighted by Crippen LogP contribution is 2.08. The highest BCUT2D eigenvalue weighted by atomic mass is 16.5. The number of pyridine rings is 1. The normalized spacial score (nSPS) is 14.7. The van der Waals surface area contributed by atoms with Crippen molar-refractivity contribution in [2.75, 3.05) is 33.3 Å². The maximum atomic E-state index is 12.1. The third-order valence-corrected chi connectivity index (χ3v) is 3.64. The third kappa shape index (κ3) is 5.43. The van der Waals surface area contributed by atoms with Gasteiger partial charge in [-0.2, -0.15) is 0 Å². The van der Waals surface area contributed by atoms with Crippen LogP contribution in [-0.4, -0.2) is 55.0 Å². The van der Waals surface area contributed by atoms with E-state index < -0.39 is 0 Å². The van der Waals surface area contributed by atoms with Crippen molar-refractivity contribution in [1.29, 1.82) is 0 Å². The molecule has 1 aliphatic rings. The van der Waals surface area contributed by atoms with E-state index in [1.54, 1.807) is 13.3 Å². The number of nitrogens with zero attached hydrogens (tertiary/aromatic N) is 3. The predicted octanol–water partition coefficient (Wildman–Crippen LogP) is 0.768. The van der Waals surface area contributed by atoms with Gasteiger partial charge in [0.1, 0.15) is 0 Å². The van der Waals surface area contributed by atoms with Crippen LogP contribution in [0.5, 0.6) is 5.88 Å². The number of guanidine groups is 1. The Morgan fingerprint density at radius 2 is 2.13 bits per heavy atom. The number of hydrogen-bond acceptors (Lipinski definition) is 4. The van der Waals surface area contributed by atoms with Crippen LogP contribution in [-0.2, 0) is 11.3 Å². The van der Waals surface area contributed by atoms with Gasteiger partial charge in [0.15, 0.2) is 5.96 Å². The molecule has 0 unspecified atom stereocenters. The quantitative estimate of drug-likeness (QED) is 0.598. The van der Waals surface area contributed by atoms with E-state index in [4.69, 9.17) is 4.74 Å². The van der Waals surface area contributed by atoms with Gasteiger partial charge < -0.3 is 20.3 Å². The van der Waals surface area contributed by atoms with Crippen molar-refractivity contribution < 1.29 is 9.53 Å². The highest BCUT2D eigenvalue weighted by molar-refractivity contribution is 5.86. The summed E-state index contributed by atoms with van der Waals surface area (Å²) in [6.07, 6.45) is 3.94. The lowest BCUT2D eigenvalue weighted by atomic mass is 10.3. The molecule has 0 saturated carbocycles. The molecule has 0 aromatic carbocycles. The van der Waals surface area contributed by atoms with Crippen LogP contribution >= 0.6 is 0 Å². The zero-order valence-electron chi connectivity index (χ0n) is 13.8. The van der Waals surface area contributed by atoms with Crippen LogP contribution < -0.4 is 15.4 Å². The van der Waals surface area contributed by atoms with Crippen molar-refractivity contribution in [1.82, 2.24) is 20.5 Å². The Labute approximate surface area is 137 Å². The fourth-order valence-corrected chi connectivity index (χ4v) is 2.37. The first kappa shape index (κ1) is 17.1. The van der Waals surface area contributed by atoms with Gasteiger partial charge in [-0.1, -0.05) is 6.07 Å². The van der Waals surface area contributed by atoms with Crippen LogP contribution in [0.3, 0.4) is 0 Å². The molecule has 0 spiro atoms. The van der Waals surface area contributed by atoms with Crippen LogP contribution in [0.1, 0.15) is 25.3 Å². The summed E-state index contributed by atoms with van der Waals surface area (Å²) in [5, 5.41) is 6.24. The second-order valence-corrected chi connectivity index (χ2v) is 5.35. The Morgan fingerprint density at radius 3 is 2.74 bits per heavy atom. The predicted molar refractivity (Wildman–Crippen MR) is 89.4 cm³/mol. The number of amides is 1. The summed E-state index contributed by atoms with van der Waals surface area (Å²) in [5.74, 6) is 1.34. The number of carbonyl (C=O) groups excluding carboxylic acids is 1. The molecule has 1 saturated heterocycles. The van der Waals surface area contributed by atoms with E-state index in [0.29, 0.717) is 18.4 Å². The first-order chi connectivity index (χ1) is 11.2. The van der Waals surface area contributed by atoms with Gasteiger partial charge in [-0.05, 0) is 25.3 Å². The van der Waals surface area contributed by atoms with Crippen LogP contribution in [0, 0.1) is 0 Å². The number of likely N-dealkylation sites (tertiary alicyclic amines) is 1. The minimum atomic E-state index is 0.124. The summed E-state index contributed by atoms with van der Waals surface area (Å²) in [4.78, 5) is 22.6. The zero-order chi connectivity index (χ0) is 16.5. The van der Waals surface area contributed by atoms with E-state index in [-0.39, 0.29) is 12.5 Å². The topological polar surface area (TPSA) is 78.9 Å². The molecule has 2 heterocycles. The van der Waals surface area contributed by atoms with Crippen LogP contribution in [0.4, 0.5) is 0 Å². The molecule has 2 N–H and O–H groups in total. The highest BCUT2D eigenvalue weighted by Gasteiger charge is 2.17. The molecule has 1 amide bonds. The van der Waals surface area contributed by atoms with Crippen molar-refractivity contribution in [3.8, 4) is 5.88 Å². The number of ether oxygens (including phenoxy) is 1. The summed E-state index contributed by atoms with van der Waals surface area (Å²) in [6.45, 7) is 5.23. The van der Waals surface area contributed by atoms with Gasteiger partial charge in [0.25, 0.3) is 0 Å². The molecule has 0 radical (unpaired) electrons. The first-order valence-corrected chi connectivity index (χ1v) is 8.01. The Kier molecular flexibility index (Phi) is 6.65. The largest absolute Gasteiger partial charge is 0.481 e. The van der Waals surface area contributed by atoms with Crippen molar-refractivity contribution in [3.05, 3.63) is 23.9 Å². The van der Waals surface area contributed by atoms with Gasteiger partial charge in [0.2, 0.25) is 11.8 Å². The van der Waals surface area contributed by atoms with E-state index in [9.17, 15) is 4.79 Å². The lowest BCUT2D eigenvalue weighted by molar-refractivity contribution is -0.128. The number of rotatable bonds is 6. The summed E-state index contributed by atoms with van der Waals surface area (Å²) in [5.41, 5.74) is 0.980. The first-order valence-electron chi connectivity index (χ1n) is 8.01. The van der Waals surface area contributed by atoms with E-state index in [0.717, 1.165) is 38.0 Å². The van der Waals surface area contributed by atoms with Gasteiger partial charge in [-0.3, -0.25) is 4.79 Å². The van der Waals surface area contributed by atoms with Crippen molar-refractivity contribution in [2.45, 2.75) is 26.3 Å². The Balaban J connectivity index is 1.86. The van der Waals surface area contributed by atoms with E-state index in [1.807, 2.05) is 24.0 Å². The minimum absolute atomic E-state index is 0.124. The lowest BCUT2D eigenvalue weighted by Gasteiger charge is -2.17. The standard InChI is InChI=1S/C16H25N5O2/c1-3-17-16(20-12-15(22)21-8-4-5-9-21)19-11-13-6-7-14(23-2)18-10-13/h6-7,10H,3-5,8-9,11-12H2,1-2H3,(H2,17,19,20). The number of aromatic nitrogens is 1. The maximum absolute atomic E-state index is 12.1. The van der Waals surface area contributed by atoms with E-state index >= 15 is 0 Å². The van der Waals surface area contributed by atoms with Gasteiger partial charge in [0, 0.05) is 31.9 Å². The van der Waals surface area contributed by atoms with Crippen LogP contribution in [0.25, 0.3) is 0 Å². The van der Waals surface area contributed by atoms with Gasteiger partial charge in [-0.25, -0.2) is 9.98 Å². The Hall–Kier alpha value is -2.31. The summed E-state index contributed by atoms with van der Waals surface area (Å²) in [7, 11) is 1.59. The molecule has 0 bridgehead atoms. The number of nitrogens with one attached hydrogen (secondary N) is 2. The third-order valence-electron chi connectivity index (χ3n) is 3.64. The fourth-order valence-electron chi connectivity index (χ4n) is 2.37. The molecule has 1 aliphatic heterocycles. The number of hydrogen-bond donors (Lipinski definition) is 2. The molecule has 0 atom stereocenters. The lowest BCUT2D eigenvalue weighted by Crippen LogP contribution is -2.44. The Bertz CT molecular complexity index is 524. The summed E-state index contributed by atoms with van der Waals surface area (Å²) >= 11 is 0. The minimum Gasteiger partial charge on any atom is -0.481 e. The average molecular weight is 319 g/mol. The fraction of sp³-hybridized carbons (Fsp3) is 0.562. The molecule has 7 heteroatoms. The van der Waals surface area contributed by atoms with Crippen molar-refractivity contribution >= 4 is 11.9 Å². The molecular weight excluding hydrogens is 294 g/mol. The van der Waals surface area contributed by atoms with Gasteiger partial charge in [0.05, 0.1) is 20.2 Å². The smallest absolute Gasteiger partial charge is 0.241 e. The molecule has 2 rings (SSSR count). The van der Waals surface area contributed by atoms with Crippen LogP contribution in [0.15, 0.2) is 23.3 Å². The maximum Gasteiger partial charge on any atom is 0.241 e. The molecule has 1 fully saturated rings. The van der Waals surface area contributed by atoms with E-state index in [1.165, 1.54) is 0 Å². The van der Waals surface area contributed by atoms with Crippen molar-refractivity contribution in [3.63, 3.8) is 0 Å². The molecule has 7 nitrogen and oxygen atoms in total. The molecule has 0 aliphatic carbocycles. The average Bonchev–Trinajstić information content (AvgIpc) is 3.12. The summed E-state index contributed by atoms with van der Waals surface area (Å²) in [6, 6.07) is 3.73. The van der Waals surface area contributed by atoms with Crippen molar-refractivity contribution in [2.24, 2.45) is 4.99 Å². The monoisotopic (exact) mass is 319 g/mol. The van der Waals surface area contributed by atoms with Gasteiger partial charge >= 0.3 is 0 Å². The molecule has 23 heavy (non-hydrogen) atoms. The Morgan fingerprint density at radius 1 is 1.35 bits per heavy atom. The number of aliphatic imine (C=N–C) groups is 1. The summed E-state index contributed by atoms with van der Waals surface area (Å²) < 4.78 is 5.03. The SMILES string of the molecule is CCNC(=NCc1ccc(OC)nc1)NCC(=O)N1CCCC1. The molecule has 1 aromatic rings. The number of methoxy groups -OCH3 is 1. The molecule has 1 aromatic heterocycles. The second kappa shape index (κ2) is 8.97. The van der Waals surface area contributed by atoms with Crippen LogP contribution in [0.2, 0.25) is 0 Å².